The van der Waals surface area contributed by atoms with Crippen LogP contribution in [0.25, 0.3) is 0 Å². The van der Waals surface area contributed by atoms with E-state index in [1.807, 2.05) is 11.4 Å². The molecule has 0 spiro atoms. The lowest BCUT2D eigenvalue weighted by Crippen LogP contribution is -2.31. The molecule has 3 aromatic rings. The maximum atomic E-state index is 13.7. The summed E-state index contributed by atoms with van der Waals surface area (Å²) in [5.74, 6) is -1.01. The van der Waals surface area contributed by atoms with Gasteiger partial charge < -0.3 is 10.2 Å². The lowest BCUT2D eigenvalue weighted by atomic mass is 10.1. The van der Waals surface area contributed by atoms with Crippen molar-refractivity contribution in [2.45, 2.75) is 26.2 Å². The zero-order valence-electron chi connectivity index (χ0n) is 16.4. The SMILES string of the molecule is Cc1c(F)cccc1C(=O)Nc1ccc(C(=O)N2CCCCc3sccc32)cc1Cl. The summed E-state index contributed by atoms with van der Waals surface area (Å²) in [6.07, 6.45) is 2.99. The highest BCUT2D eigenvalue weighted by molar-refractivity contribution is 7.10. The number of fused-ring (bicyclic) bond motifs is 1. The zero-order valence-corrected chi connectivity index (χ0v) is 17.9. The lowest BCUT2D eigenvalue weighted by molar-refractivity contribution is 0.0985. The summed E-state index contributed by atoms with van der Waals surface area (Å²) in [4.78, 5) is 28.7. The Morgan fingerprint density at radius 3 is 2.80 bits per heavy atom. The maximum absolute atomic E-state index is 13.7. The van der Waals surface area contributed by atoms with E-state index in [0.717, 1.165) is 24.9 Å². The first-order valence-corrected chi connectivity index (χ1v) is 11.0. The molecule has 0 bridgehead atoms. The van der Waals surface area contributed by atoms with Gasteiger partial charge in [-0.2, -0.15) is 0 Å². The minimum absolute atomic E-state index is 0.114. The third kappa shape index (κ3) is 3.98. The van der Waals surface area contributed by atoms with Crippen molar-refractivity contribution in [2.75, 3.05) is 16.8 Å². The Morgan fingerprint density at radius 2 is 2.00 bits per heavy atom. The van der Waals surface area contributed by atoms with Crippen molar-refractivity contribution in [3.8, 4) is 0 Å². The fraction of sp³-hybridized carbons (Fsp3) is 0.217. The van der Waals surface area contributed by atoms with Crippen molar-refractivity contribution in [1.29, 1.82) is 0 Å². The predicted molar refractivity (Wildman–Crippen MR) is 119 cm³/mol. The van der Waals surface area contributed by atoms with E-state index in [2.05, 4.69) is 5.32 Å². The number of nitrogens with zero attached hydrogens (tertiary/aromatic N) is 1. The second kappa shape index (κ2) is 8.58. The minimum Gasteiger partial charge on any atom is -0.321 e. The summed E-state index contributed by atoms with van der Waals surface area (Å²) in [6, 6.07) is 11.2. The van der Waals surface area contributed by atoms with Gasteiger partial charge in [0.05, 0.1) is 16.4 Å². The zero-order chi connectivity index (χ0) is 21.3. The summed E-state index contributed by atoms with van der Waals surface area (Å²) in [6.45, 7) is 2.21. The highest BCUT2D eigenvalue weighted by Crippen LogP contribution is 2.33. The molecule has 4 nitrogen and oxygen atoms in total. The topological polar surface area (TPSA) is 49.4 Å². The number of thiophene rings is 1. The number of rotatable bonds is 3. The number of aryl methyl sites for hydroxylation is 1. The van der Waals surface area contributed by atoms with Crippen molar-refractivity contribution in [3.63, 3.8) is 0 Å². The molecule has 0 saturated heterocycles. The van der Waals surface area contributed by atoms with Crippen LogP contribution in [0.1, 0.15) is 44.0 Å². The van der Waals surface area contributed by atoms with Gasteiger partial charge in [-0.05, 0) is 73.5 Å². The Hall–Kier alpha value is -2.70. The van der Waals surface area contributed by atoms with Crippen LogP contribution in [0.4, 0.5) is 15.8 Å². The number of nitrogens with one attached hydrogen (secondary N) is 1. The van der Waals surface area contributed by atoms with Gasteiger partial charge in [0.25, 0.3) is 11.8 Å². The van der Waals surface area contributed by atoms with Crippen LogP contribution in [0.2, 0.25) is 5.02 Å². The Bertz CT molecular complexity index is 1130. The number of amides is 2. The second-order valence-corrected chi connectivity index (χ2v) is 8.61. The van der Waals surface area contributed by atoms with Gasteiger partial charge in [0.1, 0.15) is 5.82 Å². The summed E-state index contributed by atoms with van der Waals surface area (Å²) in [5.41, 5.74) is 2.30. The number of halogens is 2. The van der Waals surface area contributed by atoms with E-state index < -0.39 is 11.7 Å². The van der Waals surface area contributed by atoms with Crippen LogP contribution in [0.15, 0.2) is 47.8 Å². The largest absolute Gasteiger partial charge is 0.321 e. The number of carbonyl (C=O) groups is 2. The summed E-state index contributed by atoms with van der Waals surface area (Å²) < 4.78 is 13.7. The predicted octanol–water partition coefficient (Wildman–Crippen LogP) is 6.08. The number of carbonyl (C=O) groups excluding carboxylic acids is 2. The van der Waals surface area contributed by atoms with Crippen LogP contribution >= 0.6 is 22.9 Å². The van der Waals surface area contributed by atoms with Gasteiger partial charge in [0.15, 0.2) is 0 Å². The monoisotopic (exact) mass is 442 g/mol. The van der Waals surface area contributed by atoms with Crippen LogP contribution < -0.4 is 10.2 Å². The van der Waals surface area contributed by atoms with Gasteiger partial charge in [0, 0.05) is 22.5 Å². The Morgan fingerprint density at radius 1 is 1.17 bits per heavy atom. The van der Waals surface area contributed by atoms with Crippen LogP contribution in [-0.4, -0.2) is 18.4 Å². The van der Waals surface area contributed by atoms with Gasteiger partial charge in [-0.25, -0.2) is 4.39 Å². The van der Waals surface area contributed by atoms with Gasteiger partial charge >= 0.3 is 0 Å². The summed E-state index contributed by atoms with van der Waals surface area (Å²) in [7, 11) is 0. The molecule has 0 saturated carbocycles. The number of hydrogen-bond donors (Lipinski definition) is 1. The molecule has 0 unspecified atom stereocenters. The van der Waals surface area contributed by atoms with Crippen molar-refractivity contribution in [2.24, 2.45) is 0 Å². The molecular formula is C23H20ClFN2O2S. The molecule has 0 radical (unpaired) electrons. The van der Waals surface area contributed by atoms with Crippen LogP contribution in [0, 0.1) is 12.7 Å². The first kappa shape index (κ1) is 20.6. The first-order valence-electron chi connectivity index (χ1n) is 9.70. The van der Waals surface area contributed by atoms with Crippen molar-refractivity contribution in [3.05, 3.63) is 80.3 Å². The fourth-order valence-electron chi connectivity index (χ4n) is 3.60. The lowest BCUT2D eigenvalue weighted by Gasteiger charge is -2.21. The van der Waals surface area contributed by atoms with Gasteiger partial charge in [-0.15, -0.1) is 11.3 Å². The third-order valence-corrected chi connectivity index (χ3v) is 6.55. The van der Waals surface area contributed by atoms with Crippen LogP contribution in [0.3, 0.4) is 0 Å². The molecule has 1 aliphatic rings. The molecule has 2 aromatic carbocycles. The molecule has 1 N–H and O–H groups in total. The normalized spacial score (nSPS) is 13.5. The minimum atomic E-state index is -0.455. The highest BCUT2D eigenvalue weighted by atomic mass is 35.5. The standard InChI is InChI=1S/C23H20ClFN2O2S/c1-14-16(5-4-6-18(14)25)22(28)26-19-9-8-15(13-17(19)24)23(29)27-11-3-2-7-21-20(27)10-12-30-21/h4-6,8-10,12-13H,2-3,7,11H2,1H3,(H,26,28). The number of hydrogen-bond acceptors (Lipinski definition) is 3. The van der Waals surface area contributed by atoms with Crippen molar-refractivity contribution >= 4 is 46.1 Å². The Kier molecular flexibility index (Phi) is 5.88. The average Bonchev–Trinajstić information content (AvgIpc) is 3.10. The molecule has 0 atom stereocenters. The average molecular weight is 443 g/mol. The number of anilines is 2. The molecule has 4 rings (SSSR count). The van der Waals surface area contributed by atoms with Gasteiger partial charge in [-0.3, -0.25) is 9.59 Å². The smallest absolute Gasteiger partial charge is 0.258 e. The number of benzene rings is 2. The van der Waals surface area contributed by atoms with E-state index in [1.165, 1.54) is 17.0 Å². The van der Waals surface area contributed by atoms with Crippen molar-refractivity contribution < 1.29 is 14.0 Å². The molecule has 30 heavy (non-hydrogen) atoms. The van der Waals surface area contributed by atoms with E-state index in [9.17, 15) is 14.0 Å². The van der Waals surface area contributed by atoms with Crippen molar-refractivity contribution in [1.82, 2.24) is 0 Å². The van der Waals surface area contributed by atoms with E-state index in [1.54, 1.807) is 47.4 Å². The molecule has 0 fully saturated rings. The molecule has 154 valence electrons. The van der Waals surface area contributed by atoms with Gasteiger partial charge in [0.2, 0.25) is 0 Å². The highest BCUT2D eigenvalue weighted by Gasteiger charge is 2.24. The van der Waals surface area contributed by atoms with E-state index in [-0.39, 0.29) is 22.1 Å². The molecule has 1 aromatic heterocycles. The molecular weight excluding hydrogens is 423 g/mol. The first-order chi connectivity index (χ1) is 14.5. The molecule has 2 amide bonds. The maximum Gasteiger partial charge on any atom is 0.258 e. The molecule has 1 aliphatic heterocycles. The van der Waals surface area contributed by atoms with E-state index in [4.69, 9.17) is 11.6 Å². The van der Waals surface area contributed by atoms with Crippen LogP contribution in [-0.2, 0) is 6.42 Å². The third-order valence-electron chi connectivity index (χ3n) is 5.27. The second-order valence-electron chi connectivity index (χ2n) is 7.20. The summed E-state index contributed by atoms with van der Waals surface area (Å²) >= 11 is 8.04. The molecule has 7 heteroatoms. The Balaban J connectivity index is 1.56. The van der Waals surface area contributed by atoms with Crippen LogP contribution in [0.5, 0.6) is 0 Å². The Labute approximate surface area is 183 Å². The van der Waals surface area contributed by atoms with E-state index >= 15 is 0 Å². The van der Waals surface area contributed by atoms with Gasteiger partial charge in [-0.1, -0.05) is 17.7 Å². The fourth-order valence-corrected chi connectivity index (χ4v) is 4.75. The van der Waals surface area contributed by atoms with E-state index in [0.29, 0.717) is 17.8 Å². The summed E-state index contributed by atoms with van der Waals surface area (Å²) in [5, 5.41) is 4.96. The molecule has 0 aliphatic carbocycles. The molecule has 2 heterocycles. The quantitative estimate of drug-likeness (QED) is 0.534.